The number of aliphatic hydroxyl groups is 1. The summed E-state index contributed by atoms with van der Waals surface area (Å²) in [6, 6.07) is 0. The van der Waals surface area contributed by atoms with Crippen molar-refractivity contribution in [3.63, 3.8) is 0 Å². The van der Waals surface area contributed by atoms with Crippen LogP contribution >= 0.6 is 0 Å². The molecule has 0 aromatic heterocycles. The van der Waals surface area contributed by atoms with E-state index < -0.39 is 11.4 Å². The third-order valence-electron chi connectivity index (χ3n) is 3.28. The third-order valence-corrected chi connectivity index (χ3v) is 3.28. The van der Waals surface area contributed by atoms with Crippen LogP contribution in [0.5, 0.6) is 0 Å². The van der Waals surface area contributed by atoms with E-state index in [-0.39, 0.29) is 25.4 Å². The molecule has 1 atom stereocenters. The van der Waals surface area contributed by atoms with Crippen LogP contribution in [-0.4, -0.2) is 41.8 Å². The molecule has 5 heteroatoms. The molecule has 0 radical (unpaired) electrons. The van der Waals surface area contributed by atoms with Gasteiger partial charge in [0.2, 0.25) is 0 Å². The summed E-state index contributed by atoms with van der Waals surface area (Å²) in [5, 5.41) is 17.8. The molecule has 1 unspecified atom stereocenters. The summed E-state index contributed by atoms with van der Waals surface area (Å²) in [5.41, 5.74) is -1.32. The van der Waals surface area contributed by atoms with E-state index in [1.54, 1.807) is 0 Å². The van der Waals surface area contributed by atoms with Crippen molar-refractivity contribution >= 4 is 11.8 Å². The fourth-order valence-electron chi connectivity index (χ4n) is 2.12. The van der Waals surface area contributed by atoms with Gasteiger partial charge in [-0.3, -0.25) is 9.59 Å². The molecule has 1 saturated heterocycles. The van der Waals surface area contributed by atoms with Crippen molar-refractivity contribution in [2.75, 3.05) is 19.8 Å². The lowest BCUT2D eigenvalue weighted by Gasteiger charge is -2.31. The predicted octanol–water partition coefficient (Wildman–Crippen LogP) is 0.990. The molecule has 0 aromatic carbocycles. The van der Waals surface area contributed by atoms with Crippen LogP contribution in [0.2, 0.25) is 0 Å². The van der Waals surface area contributed by atoms with E-state index in [1.165, 1.54) is 0 Å². The zero-order valence-electron chi connectivity index (χ0n) is 9.98. The van der Waals surface area contributed by atoms with Crippen LogP contribution in [0.15, 0.2) is 0 Å². The largest absolute Gasteiger partial charge is 0.480 e. The molecule has 0 bridgehead atoms. The minimum absolute atomic E-state index is 0.00116. The van der Waals surface area contributed by atoms with Crippen LogP contribution in [0.1, 0.15) is 38.5 Å². The van der Waals surface area contributed by atoms with Crippen molar-refractivity contribution in [3.8, 4) is 0 Å². The number of unbranched alkanes of at least 4 members (excludes halogenated alkanes) is 3. The lowest BCUT2D eigenvalue weighted by Crippen LogP contribution is -2.47. The van der Waals surface area contributed by atoms with Crippen LogP contribution in [0, 0.1) is 5.41 Å². The summed E-state index contributed by atoms with van der Waals surface area (Å²) < 4.78 is 5.15. The van der Waals surface area contributed by atoms with Gasteiger partial charge in [-0.15, -0.1) is 0 Å². The topological polar surface area (TPSA) is 83.8 Å². The molecule has 5 nitrogen and oxygen atoms in total. The maximum absolute atomic E-state index is 11.8. The summed E-state index contributed by atoms with van der Waals surface area (Å²) >= 11 is 0. The number of ketones is 1. The summed E-state index contributed by atoms with van der Waals surface area (Å²) in [5.74, 6) is -1.28. The Balaban J connectivity index is 2.48. The maximum Gasteiger partial charge on any atom is 0.319 e. The van der Waals surface area contributed by atoms with Crippen LogP contribution in [0.3, 0.4) is 0 Å². The molecule has 17 heavy (non-hydrogen) atoms. The highest BCUT2D eigenvalue weighted by molar-refractivity contribution is 6.03. The molecule has 0 saturated carbocycles. The Hall–Kier alpha value is -0.940. The van der Waals surface area contributed by atoms with Crippen molar-refractivity contribution in [3.05, 3.63) is 0 Å². The molecule has 1 aliphatic heterocycles. The van der Waals surface area contributed by atoms with Crippen molar-refractivity contribution in [1.82, 2.24) is 0 Å². The van der Waals surface area contributed by atoms with E-state index in [1.807, 2.05) is 0 Å². The Morgan fingerprint density at radius 3 is 2.59 bits per heavy atom. The second kappa shape index (κ2) is 6.71. The first-order chi connectivity index (χ1) is 8.13. The molecule has 0 amide bonds. The first-order valence-corrected chi connectivity index (χ1v) is 6.09. The quantitative estimate of drug-likeness (QED) is 0.515. The van der Waals surface area contributed by atoms with Crippen molar-refractivity contribution in [1.29, 1.82) is 0 Å². The molecule has 0 aliphatic carbocycles. The Morgan fingerprint density at radius 1 is 1.29 bits per heavy atom. The molecule has 0 spiro atoms. The van der Waals surface area contributed by atoms with E-state index in [0.717, 1.165) is 19.3 Å². The smallest absolute Gasteiger partial charge is 0.319 e. The monoisotopic (exact) mass is 244 g/mol. The fourth-order valence-corrected chi connectivity index (χ4v) is 2.12. The molecular weight excluding hydrogens is 224 g/mol. The van der Waals surface area contributed by atoms with Gasteiger partial charge in [0.25, 0.3) is 0 Å². The average Bonchev–Trinajstić information content (AvgIpc) is 2.31. The van der Waals surface area contributed by atoms with Crippen LogP contribution in [0.25, 0.3) is 0 Å². The number of carbonyl (C=O) groups excluding carboxylic acids is 1. The number of carbonyl (C=O) groups is 2. The highest BCUT2D eigenvalue weighted by Crippen LogP contribution is 2.31. The lowest BCUT2D eigenvalue weighted by atomic mass is 9.77. The number of aliphatic hydroxyl groups excluding tert-OH is 1. The van der Waals surface area contributed by atoms with Gasteiger partial charge in [-0.25, -0.2) is 0 Å². The minimum atomic E-state index is -1.32. The van der Waals surface area contributed by atoms with E-state index in [9.17, 15) is 14.7 Å². The normalized spacial score (nSPS) is 24.9. The third kappa shape index (κ3) is 3.51. The summed E-state index contributed by atoms with van der Waals surface area (Å²) in [4.78, 5) is 23.0. The number of ether oxygens (including phenoxy) is 1. The number of Topliss-reactive ketones (excluding diaryl/α,β-unsaturated/α-hetero) is 1. The average molecular weight is 244 g/mol. The van der Waals surface area contributed by atoms with Crippen LogP contribution in [-0.2, 0) is 14.3 Å². The van der Waals surface area contributed by atoms with Gasteiger partial charge >= 0.3 is 5.97 Å². The second-order valence-corrected chi connectivity index (χ2v) is 4.50. The number of rotatable bonds is 7. The molecule has 98 valence electrons. The summed E-state index contributed by atoms with van der Waals surface area (Å²) in [6.45, 7) is 0.492. The zero-order valence-corrected chi connectivity index (χ0v) is 9.98. The first kappa shape index (κ1) is 14.1. The van der Waals surface area contributed by atoms with Crippen LogP contribution < -0.4 is 0 Å². The zero-order chi connectivity index (χ0) is 12.7. The maximum atomic E-state index is 11.8. The van der Waals surface area contributed by atoms with E-state index in [2.05, 4.69) is 0 Å². The second-order valence-electron chi connectivity index (χ2n) is 4.50. The summed E-state index contributed by atoms with van der Waals surface area (Å²) in [6.07, 6.45) is 3.64. The minimum Gasteiger partial charge on any atom is -0.480 e. The Labute approximate surface area is 101 Å². The van der Waals surface area contributed by atoms with Gasteiger partial charge < -0.3 is 14.9 Å². The molecule has 1 rings (SSSR count). The van der Waals surface area contributed by atoms with Crippen LogP contribution in [0.4, 0.5) is 0 Å². The SMILES string of the molecule is O=C(O)C1(CCCCCCO)COCCC1=O. The molecule has 1 aliphatic rings. The molecule has 0 aromatic rings. The molecule has 1 heterocycles. The molecule has 1 fully saturated rings. The Bertz CT molecular complexity index is 276. The lowest BCUT2D eigenvalue weighted by molar-refractivity contribution is -0.165. The summed E-state index contributed by atoms with van der Waals surface area (Å²) in [7, 11) is 0. The number of carboxylic acids is 1. The molecular formula is C12H20O5. The number of aliphatic carboxylic acids is 1. The first-order valence-electron chi connectivity index (χ1n) is 6.09. The van der Waals surface area contributed by atoms with Gasteiger partial charge in [-0.1, -0.05) is 19.3 Å². The number of hydrogen-bond acceptors (Lipinski definition) is 4. The fraction of sp³-hybridized carbons (Fsp3) is 0.833. The number of carboxylic acid groups (broad SMARTS) is 1. The Morgan fingerprint density at radius 2 is 2.00 bits per heavy atom. The van der Waals surface area contributed by atoms with E-state index in [0.29, 0.717) is 19.4 Å². The van der Waals surface area contributed by atoms with E-state index in [4.69, 9.17) is 9.84 Å². The van der Waals surface area contributed by atoms with Crippen molar-refractivity contribution < 1.29 is 24.5 Å². The number of hydrogen-bond donors (Lipinski definition) is 2. The van der Waals surface area contributed by atoms with Crippen molar-refractivity contribution in [2.45, 2.75) is 38.5 Å². The highest BCUT2D eigenvalue weighted by Gasteiger charge is 2.47. The predicted molar refractivity (Wildman–Crippen MR) is 60.7 cm³/mol. The Kier molecular flexibility index (Phi) is 5.58. The van der Waals surface area contributed by atoms with Crippen molar-refractivity contribution in [2.24, 2.45) is 5.41 Å². The standard InChI is InChI=1S/C12H20O5/c13-7-4-2-1-3-6-12(11(15)16)9-17-8-5-10(12)14/h13H,1-9H2,(H,15,16). The van der Waals surface area contributed by atoms with Gasteiger partial charge in [-0.2, -0.15) is 0 Å². The molecule has 2 N–H and O–H groups in total. The van der Waals surface area contributed by atoms with Gasteiger partial charge in [0.1, 0.15) is 5.41 Å². The van der Waals surface area contributed by atoms with E-state index >= 15 is 0 Å². The van der Waals surface area contributed by atoms with Gasteiger partial charge in [0, 0.05) is 13.0 Å². The van der Waals surface area contributed by atoms with Gasteiger partial charge in [0.05, 0.1) is 13.2 Å². The van der Waals surface area contributed by atoms with Gasteiger partial charge in [0.15, 0.2) is 5.78 Å². The van der Waals surface area contributed by atoms with Gasteiger partial charge in [-0.05, 0) is 12.8 Å². The highest BCUT2D eigenvalue weighted by atomic mass is 16.5.